The minimum absolute atomic E-state index is 0.115. The number of amides is 1. The van der Waals surface area contributed by atoms with Crippen LogP contribution < -0.4 is 11.1 Å². The van der Waals surface area contributed by atoms with Crippen LogP contribution in [0.15, 0.2) is 55.0 Å². The summed E-state index contributed by atoms with van der Waals surface area (Å²) in [6.45, 7) is 0.470. The van der Waals surface area contributed by atoms with Crippen molar-refractivity contribution >= 4 is 17.2 Å². The number of carbonyl (C=O) groups is 1. The van der Waals surface area contributed by atoms with E-state index in [1.165, 1.54) is 0 Å². The Bertz CT molecular complexity index is 746. The second-order valence-electron chi connectivity index (χ2n) is 4.53. The van der Waals surface area contributed by atoms with Crippen molar-refractivity contribution in [3.8, 4) is 0 Å². The maximum atomic E-state index is 12.0. The zero-order chi connectivity index (χ0) is 13.9. The van der Waals surface area contributed by atoms with Crippen molar-refractivity contribution in [3.05, 3.63) is 66.1 Å². The lowest BCUT2D eigenvalue weighted by Gasteiger charge is -2.06. The van der Waals surface area contributed by atoms with Crippen LogP contribution in [-0.4, -0.2) is 15.3 Å². The zero-order valence-electron chi connectivity index (χ0n) is 10.8. The molecule has 2 aromatic heterocycles. The van der Waals surface area contributed by atoms with E-state index in [0.717, 1.165) is 11.2 Å². The van der Waals surface area contributed by atoms with Crippen molar-refractivity contribution in [3.63, 3.8) is 0 Å². The van der Waals surface area contributed by atoms with Gasteiger partial charge in [-0.3, -0.25) is 4.79 Å². The maximum Gasteiger partial charge on any atom is 0.251 e. The molecule has 3 aromatic rings. The van der Waals surface area contributed by atoms with Crippen LogP contribution in [0, 0.1) is 0 Å². The Morgan fingerprint density at radius 2 is 2.00 bits per heavy atom. The SMILES string of the molecule is Nc1ccc(C(=O)NCc2ccc3nccn3c2)cc1. The van der Waals surface area contributed by atoms with Crippen molar-refractivity contribution < 1.29 is 4.79 Å². The summed E-state index contributed by atoms with van der Waals surface area (Å²) in [5, 5.41) is 2.88. The van der Waals surface area contributed by atoms with Crippen molar-refractivity contribution in [2.45, 2.75) is 6.54 Å². The summed E-state index contributed by atoms with van der Waals surface area (Å²) >= 11 is 0. The standard InChI is InChI=1S/C15H14N4O/c16-13-4-2-12(3-5-13)15(20)18-9-11-1-6-14-17-7-8-19(14)10-11/h1-8,10H,9,16H2,(H,18,20). The number of rotatable bonds is 3. The first-order valence-corrected chi connectivity index (χ1v) is 6.28. The molecule has 2 heterocycles. The van der Waals surface area contributed by atoms with Crippen molar-refractivity contribution in [1.29, 1.82) is 0 Å². The topological polar surface area (TPSA) is 72.4 Å². The second kappa shape index (κ2) is 5.05. The fourth-order valence-corrected chi connectivity index (χ4v) is 1.99. The van der Waals surface area contributed by atoms with Crippen molar-refractivity contribution in [1.82, 2.24) is 14.7 Å². The molecular formula is C15H14N4O. The third-order valence-electron chi connectivity index (χ3n) is 3.08. The quantitative estimate of drug-likeness (QED) is 0.710. The van der Waals surface area contributed by atoms with Gasteiger partial charge in [0.2, 0.25) is 0 Å². The molecular weight excluding hydrogens is 252 g/mol. The highest BCUT2D eigenvalue weighted by Gasteiger charge is 2.05. The Labute approximate surface area is 116 Å². The zero-order valence-corrected chi connectivity index (χ0v) is 10.8. The van der Waals surface area contributed by atoms with E-state index in [4.69, 9.17) is 5.73 Å². The molecule has 0 atom stereocenters. The first-order chi connectivity index (χ1) is 9.72. The highest BCUT2D eigenvalue weighted by atomic mass is 16.1. The van der Waals surface area contributed by atoms with Crippen LogP contribution in [-0.2, 0) is 6.54 Å². The molecule has 1 aromatic carbocycles. The normalized spacial score (nSPS) is 10.6. The number of fused-ring (bicyclic) bond motifs is 1. The number of nitrogen functional groups attached to an aromatic ring is 1. The largest absolute Gasteiger partial charge is 0.399 e. The minimum Gasteiger partial charge on any atom is -0.399 e. The Morgan fingerprint density at radius 1 is 1.20 bits per heavy atom. The van der Waals surface area contributed by atoms with Crippen LogP contribution in [0.25, 0.3) is 5.65 Å². The molecule has 0 fully saturated rings. The molecule has 5 nitrogen and oxygen atoms in total. The van der Waals surface area contributed by atoms with E-state index in [1.807, 2.05) is 28.9 Å². The first-order valence-electron chi connectivity index (χ1n) is 6.28. The maximum absolute atomic E-state index is 12.0. The van der Waals surface area contributed by atoms with Gasteiger partial charge in [-0.25, -0.2) is 4.98 Å². The van der Waals surface area contributed by atoms with E-state index in [0.29, 0.717) is 17.8 Å². The summed E-state index contributed by atoms with van der Waals surface area (Å²) < 4.78 is 1.92. The van der Waals surface area contributed by atoms with E-state index >= 15 is 0 Å². The number of hydrogen-bond acceptors (Lipinski definition) is 3. The van der Waals surface area contributed by atoms with Gasteiger partial charge in [0.05, 0.1) is 0 Å². The Balaban J connectivity index is 1.69. The average Bonchev–Trinajstić information content (AvgIpc) is 2.93. The van der Waals surface area contributed by atoms with Crippen LogP contribution >= 0.6 is 0 Å². The summed E-state index contributed by atoms with van der Waals surface area (Å²) in [6, 6.07) is 10.7. The number of nitrogens with one attached hydrogen (secondary N) is 1. The second-order valence-corrected chi connectivity index (χ2v) is 4.53. The van der Waals surface area contributed by atoms with Gasteiger partial charge in [-0.05, 0) is 35.9 Å². The lowest BCUT2D eigenvalue weighted by molar-refractivity contribution is 0.0951. The number of pyridine rings is 1. The lowest BCUT2D eigenvalue weighted by Crippen LogP contribution is -2.22. The van der Waals surface area contributed by atoms with Crippen molar-refractivity contribution in [2.75, 3.05) is 5.73 Å². The predicted octanol–water partition coefficient (Wildman–Crippen LogP) is 1.85. The van der Waals surface area contributed by atoms with Gasteiger partial charge >= 0.3 is 0 Å². The number of anilines is 1. The van der Waals surface area contributed by atoms with Gasteiger partial charge in [0.15, 0.2) is 0 Å². The molecule has 0 bridgehead atoms. The number of nitrogens with two attached hydrogens (primary N) is 1. The Hall–Kier alpha value is -2.82. The van der Waals surface area contributed by atoms with E-state index in [9.17, 15) is 4.79 Å². The molecule has 0 unspecified atom stereocenters. The van der Waals surface area contributed by atoms with Gasteiger partial charge in [-0.1, -0.05) is 6.07 Å². The summed E-state index contributed by atoms with van der Waals surface area (Å²) in [6.07, 6.45) is 5.57. The van der Waals surface area contributed by atoms with Crippen molar-refractivity contribution in [2.24, 2.45) is 0 Å². The molecule has 5 heteroatoms. The Morgan fingerprint density at radius 3 is 2.80 bits per heavy atom. The smallest absolute Gasteiger partial charge is 0.251 e. The van der Waals surface area contributed by atoms with Gasteiger partial charge in [0.1, 0.15) is 5.65 Å². The lowest BCUT2D eigenvalue weighted by atomic mass is 10.2. The van der Waals surface area contributed by atoms with E-state index in [2.05, 4.69) is 10.3 Å². The summed E-state index contributed by atoms with van der Waals surface area (Å²) in [5.41, 5.74) is 8.74. The molecule has 100 valence electrons. The van der Waals surface area contributed by atoms with Gasteiger partial charge < -0.3 is 15.5 Å². The van der Waals surface area contributed by atoms with Gasteiger partial charge in [-0.2, -0.15) is 0 Å². The molecule has 0 spiro atoms. The monoisotopic (exact) mass is 266 g/mol. The number of carbonyl (C=O) groups excluding carboxylic acids is 1. The number of imidazole rings is 1. The third-order valence-corrected chi connectivity index (χ3v) is 3.08. The van der Waals surface area contributed by atoms with E-state index < -0.39 is 0 Å². The highest BCUT2D eigenvalue weighted by Crippen LogP contribution is 2.07. The molecule has 0 aliphatic rings. The van der Waals surface area contributed by atoms with Gasteiger partial charge in [0, 0.05) is 36.4 Å². The highest BCUT2D eigenvalue weighted by molar-refractivity contribution is 5.94. The molecule has 0 radical (unpaired) electrons. The number of nitrogens with zero attached hydrogens (tertiary/aromatic N) is 2. The summed E-state index contributed by atoms with van der Waals surface area (Å²) in [7, 11) is 0. The van der Waals surface area contributed by atoms with Crippen LogP contribution in [0.2, 0.25) is 0 Å². The van der Waals surface area contributed by atoms with Gasteiger partial charge in [-0.15, -0.1) is 0 Å². The number of hydrogen-bond donors (Lipinski definition) is 2. The third kappa shape index (κ3) is 2.47. The van der Waals surface area contributed by atoms with E-state index in [-0.39, 0.29) is 5.91 Å². The summed E-state index contributed by atoms with van der Waals surface area (Å²) in [4.78, 5) is 16.1. The van der Waals surface area contributed by atoms with Crippen LogP contribution in [0.3, 0.4) is 0 Å². The molecule has 3 N–H and O–H groups in total. The fourth-order valence-electron chi connectivity index (χ4n) is 1.99. The molecule has 0 saturated heterocycles. The van der Waals surface area contributed by atoms with Gasteiger partial charge in [0.25, 0.3) is 5.91 Å². The number of benzene rings is 1. The van der Waals surface area contributed by atoms with E-state index in [1.54, 1.807) is 30.5 Å². The molecule has 0 saturated carbocycles. The Kier molecular flexibility index (Phi) is 3.09. The van der Waals surface area contributed by atoms with Crippen LogP contribution in [0.5, 0.6) is 0 Å². The fraction of sp³-hybridized carbons (Fsp3) is 0.0667. The molecule has 0 aliphatic heterocycles. The molecule has 0 aliphatic carbocycles. The van der Waals surface area contributed by atoms with Crippen LogP contribution in [0.4, 0.5) is 5.69 Å². The first kappa shape index (κ1) is 12.2. The van der Waals surface area contributed by atoms with Crippen LogP contribution in [0.1, 0.15) is 15.9 Å². The summed E-state index contributed by atoms with van der Waals surface area (Å²) in [5.74, 6) is -0.115. The molecule has 20 heavy (non-hydrogen) atoms. The predicted molar refractivity (Wildman–Crippen MR) is 77.2 cm³/mol. The minimum atomic E-state index is -0.115. The average molecular weight is 266 g/mol. The molecule has 3 rings (SSSR count). The number of aromatic nitrogens is 2. The molecule has 1 amide bonds.